The summed E-state index contributed by atoms with van der Waals surface area (Å²) in [5, 5.41) is 0. The van der Waals surface area contributed by atoms with Crippen molar-refractivity contribution in [3.8, 4) is 0 Å². The van der Waals surface area contributed by atoms with Crippen molar-refractivity contribution in [3.63, 3.8) is 0 Å². The smallest absolute Gasteiger partial charge is 0.243 e. The number of imidazole rings is 1. The molecule has 0 aliphatic rings. The van der Waals surface area contributed by atoms with Gasteiger partial charge in [0.15, 0.2) is 0 Å². The first-order valence-electron chi connectivity index (χ1n) is 10.9. The van der Waals surface area contributed by atoms with Crippen LogP contribution in [0.3, 0.4) is 0 Å². The Morgan fingerprint density at radius 1 is 0.548 bits per heavy atom. The van der Waals surface area contributed by atoms with E-state index in [1.165, 1.54) is 0 Å². The predicted molar refractivity (Wildman–Crippen MR) is 113 cm³/mol. The van der Waals surface area contributed by atoms with Crippen molar-refractivity contribution in [1.29, 1.82) is 0 Å². The van der Waals surface area contributed by atoms with Crippen molar-refractivity contribution < 1.29 is 42.5 Å². The van der Waals surface area contributed by atoms with E-state index in [0.717, 1.165) is 13.1 Å². The highest BCUT2D eigenvalue weighted by Gasteiger charge is 2.03. The summed E-state index contributed by atoms with van der Waals surface area (Å²) in [5.41, 5.74) is 0. The van der Waals surface area contributed by atoms with E-state index < -0.39 is 0 Å². The molecule has 0 unspecified atom stereocenters. The van der Waals surface area contributed by atoms with Crippen LogP contribution in [0, 0.1) is 0 Å². The molecule has 182 valence electrons. The van der Waals surface area contributed by atoms with Gasteiger partial charge in [0.2, 0.25) is 6.33 Å². The highest BCUT2D eigenvalue weighted by molar-refractivity contribution is 4.65. The summed E-state index contributed by atoms with van der Waals surface area (Å²) in [6.45, 7) is 9.89. The van der Waals surface area contributed by atoms with Crippen molar-refractivity contribution in [3.05, 3.63) is 18.7 Å². The summed E-state index contributed by atoms with van der Waals surface area (Å²) < 4.78 is 46.7. The van der Waals surface area contributed by atoms with Crippen LogP contribution in [-0.4, -0.2) is 111 Å². The Morgan fingerprint density at radius 3 is 1.45 bits per heavy atom. The molecular formula is C21H41N2O8+. The molecule has 0 saturated heterocycles. The van der Waals surface area contributed by atoms with Gasteiger partial charge in [0.25, 0.3) is 0 Å². The van der Waals surface area contributed by atoms with Gasteiger partial charge in [0.05, 0.1) is 92.5 Å². The average molecular weight is 450 g/mol. The standard InChI is InChI=1S/C21H41N2O8/c1-24-9-11-28-17-19-30-15-13-26-7-5-22-3-4-23(21-22)6-8-27-14-16-31-20-18-29-12-10-25-2/h3-4,21H,5-20H2,1-2H3/q+1. The molecule has 10 heteroatoms. The second-order valence-corrected chi connectivity index (χ2v) is 6.55. The minimum atomic E-state index is 0.571. The summed E-state index contributed by atoms with van der Waals surface area (Å²) in [4.78, 5) is 0. The Labute approximate surface area is 186 Å². The van der Waals surface area contributed by atoms with E-state index in [2.05, 4.69) is 15.5 Å². The summed E-state index contributed by atoms with van der Waals surface area (Å²) >= 11 is 0. The van der Waals surface area contributed by atoms with Gasteiger partial charge in [-0.25, -0.2) is 9.13 Å². The first-order valence-corrected chi connectivity index (χ1v) is 10.9. The van der Waals surface area contributed by atoms with Crippen LogP contribution in [0.4, 0.5) is 0 Å². The summed E-state index contributed by atoms with van der Waals surface area (Å²) in [6, 6.07) is 0. The Hall–Kier alpha value is -1.11. The maximum absolute atomic E-state index is 5.59. The second-order valence-electron chi connectivity index (χ2n) is 6.55. The fourth-order valence-corrected chi connectivity index (χ4v) is 2.41. The van der Waals surface area contributed by atoms with Gasteiger partial charge >= 0.3 is 0 Å². The molecule has 31 heavy (non-hydrogen) atoms. The van der Waals surface area contributed by atoms with E-state index in [1.807, 2.05) is 12.4 Å². The fraction of sp³-hybridized carbons (Fsp3) is 0.857. The molecule has 0 aliphatic carbocycles. The molecule has 1 aromatic rings. The van der Waals surface area contributed by atoms with Gasteiger partial charge in [0.1, 0.15) is 25.5 Å². The Bertz CT molecular complexity index is 449. The van der Waals surface area contributed by atoms with E-state index in [-0.39, 0.29) is 0 Å². The molecule has 0 aromatic carbocycles. The van der Waals surface area contributed by atoms with Crippen molar-refractivity contribution in [2.24, 2.45) is 0 Å². The summed E-state index contributed by atoms with van der Waals surface area (Å²) in [6.07, 6.45) is 6.11. The number of nitrogens with zero attached hydrogens (tertiary/aromatic N) is 2. The normalized spacial score (nSPS) is 11.4. The molecule has 0 N–H and O–H groups in total. The molecule has 0 fully saturated rings. The lowest BCUT2D eigenvalue weighted by Gasteiger charge is -2.06. The van der Waals surface area contributed by atoms with E-state index in [1.54, 1.807) is 14.2 Å². The quantitative estimate of drug-likeness (QED) is 0.163. The van der Waals surface area contributed by atoms with Gasteiger partial charge in [-0.15, -0.1) is 0 Å². The number of methoxy groups -OCH3 is 2. The van der Waals surface area contributed by atoms with Crippen LogP contribution in [-0.2, 0) is 51.0 Å². The highest BCUT2D eigenvalue weighted by atomic mass is 16.6. The first kappa shape index (κ1) is 27.9. The van der Waals surface area contributed by atoms with Crippen LogP contribution in [0.2, 0.25) is 0 Å². The van der Waals surface area contributed by atoms with Gasteiger partial charge in [-0.1, -0.05) is 0 Å². The van der Waals surface area contributed by atoms with E-state index in [0.29, 0.717) is 92.5 Å². The Kier molecular flexibility index (Phi) is 19.9. The van der Waals surface area contributed by atoms with Crippen molar-refractivity contribution >= 4 is 0 Å². The van der Waals surface area contributed by atoms with Gasteiger partial charge < -0.3 is 37.9 Å². The average Bonchev–Trinajstić information content (AvgIpc) is 3.23. The minimum absolute atomic E-state index is 0.571. The molecular weight excluding hydrogens is 408 g/mol. The lowest BCUT2D eigenvalue weighted by atomic mass is 10.6. The zero-order valence-electron chi connectivity index (χ0n) is 19.2. The molecule has 1 aromatic heterocycles. The monoisotopic (exact) mass is 449 g/mol. The largest absolute Gasteiger partial charge is 0.382 e. The first-order chi connectivity index (χ1) is 15.4. The van der Waals surface area contributed by atoms with E-state index >= 15 is 0 Å². The predicted octanol–water partition coefficient (Wildman–Crippen LogP) is 0.168. The third-order valence-electron chi connectivity index (χ3n) is 4.09. The van der Waals surface area contributed by atoms with Crippen LogP contribution in [0.15, 0.2) is 18.7 Å². The van der Waals surface area contributed by atoms with Crippen LogP contribution < -0.4 is 4.57 Å². The molecule has 0 bridgehead atoms. The van der Waals surface area contributed by atoms with Crippen molar-refractivity contribution in [1.82, 2.24) is 4.57 Å². The fourth-order valence-electron chi connectivity index (χ4n) is 2.41. The maximum Gasteiger partial charge on any atom is 0.243 e. The molecule has 0 radical (unpaired) electrons. The molecule has 10 nitrogen and oxygen atoms in total. The topological polar surface area (TPSA) is 82.7 Å². The number of aromatic nitrogens is 2. The highest BCUT2D eigenvalue weighted by Crippen LogP contribution is 1.88. The van der Waals surface area contributed by atoms with Gasteiger partial charge in [0, 0.05) is 14.2 Å². The molecule has 1 heterocycles. The lowest BCUT2D eigenvalue weighted by Crippen LogP contribution is -2.34. The second kappa shape index (κ2) is 22.1. The molecule has 0 aliphatic heterocycles. The van der Waals surface area contributed by atoms with Crippen molar-refractivity contribution in [2.75, 3.05) is 107 Å². The zero-order chi connectivity index (χ0) is 22.2. The number of ether oxygens (including phenoxy) is 8. The zero-order valence-corrected chi connectivity index (χ0v) is 19.2. The lowest BCUT2D eigenvalue weighted by molar-refractivity contribution is -0.698. The van der Waals surface area contributed by atoms with Gasteiger partial charge in [-0.3, -0.25) is 0 Å². The maximum atomic E-state index is 5.59. The van der Waals surface area contributed by atoms with Crippen LogP contribution in [0.25, 0.3) is 0 Å². The minimum Gasteiger partial charge on any atom is -0.382 e. The molecule has 1 rings (SSSR count). The van der Waals surface area contributed by atoms with Crippen LogP contribution in [0.1, 0.15) is 0 Å². The Balaban J connectivity index is 1.86. The number of hydrogen-bond acceptors (Lipinski definition) is 8. The summed E-state index contributed by atoms with van der Waals surface area (Å²) in [7, 11) is 3.31. The van der Waals surface area contributed by atoms with E-state index in [9.17, 15) is 0 Å². The van der Waals surface area contributed by atoms with E-state index in [4.69, 9.17) is 37.9 Å². The van der Waals surface area contributed by atoms with Crippen LogP contribution >= 0.6 is 0 Å². The Morgan fingerprint density at radius 2 is 0.968 bits per heavy atom. The van der Waals surface area contributed by atoms with Crippen molar-refractivity contribution in [2.45, 2.75) is 13.1 Å². The molecule has 0 amide bonds. The number of rotatable bonds is 24. The summed E-state index contributed by atoms with van der Waals surface area (Å²) in [5.74, 6) is 0. The SMILES string of the molecule is COCCOCCOCCOCCn1cc[n+](CCOCCOCCOCCOC)c1. The van der Waals surface area contributed by atoms with Crippen LogP contribution in [0.5, 0.6) is 0 Å². The molecule has 0 saturated carbocycles. The van der Waals surface area contributed by atoms with Gasteiger partial charge in [-0.2, -0.15) is 0 Å². The third kappa shape index (κ3) is 18.2. The molecule has 0 spiro atoms. The number of hydrogen-bond donors (Lipinski definition) is 0. The molecule has 0 atom stereocenters. The van der Waals surface area contributed by atoms with Gasteiger partial charge in [-0.05, 0) is 0 Å². The third-order valence-corrected chi connectivity index (χ3v) is 4.09.